The fraction of sp³-hybridized carbons (Fsp3) is 0. The van der Waals surface area contributed by atoms with Crippen LogP contribution in [0.15, 0.2) is 0 Å². The molecule has 1 heterocycles. The number of nitrogen functional groups attached to an aromatic ring is 1. The SMILES string of the molecule is Nc1nc(Cl)nc(-c2c(F)c(F)c(F)c(F)c2F)n1. The minimum absolute atomic E-state index is 0.529. The molecular formula is C9H2ClF5N4. The number of hydrogen-bond acceptors (Lipinski definition) is 4. The van der Waals surface area contributed by atoms with Crippen LogP contribution in [0.4, 0.5) is 27.9 Å². The number of nitrogens with zero attached hydrogens (tertiary/aromatic N) is 3. The Labute approximate surface area is 107 Å². The van der Waals surface area contributed by atoms with Crippen molar-refractivity contribution in [3.05, 3.63) is 34.4 Å². The van der Waals surface area contributed by atoms with Crippen molar-refractivity contribution < 1.29 is 22.0 Å². The van der Waals surface area contributed by atoms with Gasteiger partial charge in [-0.2, -0.15) is 15.0 Å². The fourth-order valence-corrected chi connectivity index (χ4v) is 1.45. The lowest BCUT2D eigenvalue weighted by Gasteiger charge is -2.07. The molecule has 1 aromatic carbocycles. The minimum Gasteiger partial charge on any atom is -0.368 e. The van der Waals surface area contributed by atoms with Gasteiger partial charge in [0.2, 0.25) is 17.0 Å². The first-order valence-electron chi connectivity index (χ1n) is 4.51. The molecule has 0 saturated heterocycles. The van der Waals surface area contributed by atoms with Crippen molar-refractivity contribution in [2.45, 2.75) is 0 Å². The topological polar surface area (TPSA) is 64.7 Å². The molecule has 2 aromatic rings. The van der Waals surface area contributed by atoms with E-state index >= 15 is 0 Å². The number of aromatic nitrogens is 3. The van der Waals surface area contributed by atoms with Gasteiger partial charge >= 0.3 is 0 Å². The Kier molecular flexibility index (Phi) is 3.23. The number of nitrogens with two attached hydrogens (primary N) is 1. The van der Waals surface area contributed by atoms with E-state index in [1.807, 2.05) is 0 Å². The van der Waals surface area contributed by atoms with Gasteiger partial charge in [0.25, 0.3) is 0 Å². The molecule has 0 bridgehead atoms. The fourth-order valence-electron chi connectivity index (χ4n) is 1.28. The lowest BCUT2D eigenvalue weighted by molar-refractivity contribution is 0.381. The molecule has 0 aliphatic heterocycles. The van der Waals surface area contributed by atoms with Gasteiger partial charge in [-0.3, -0.25) is 0 Å². The van der Waals surface area contributed by atoms with Gasteiger partial charge in [0.05, 0.1) is 5.56 Å². The maximum atomic E-state index is 13.4. The van der Waals surface area contributed by atoms with Gasteiger partial charge in [0.15, 0.2) is 29.1 Å². The maximum absolute atomic E-state index is 13.4. The van der Waals surface area contributed by atoms with Gasteiger partial charge in [-0.05, 0) is 11.6 Å². The third-order valence-corrected chi connectivity index (χ3v) is 2.23. The second kappa shape index (κ2) is 4.57. The van der Waals surface area contributed by atoms with Crippen molar-refractivity contribution in [3.63, 3.8) is 0 Å². The predicted octanol–water partition coefficient (Wildman–Crippen LogP) is 2.47. The third-order valence-electron chi connectivity index (χ3n) is 2.06. The summed E-state index contributed by atoms with van der Waals surface area (Å²) in [5, 5.41) is -0.550. The summed E-state index contributed by atoms with van der Waals surface area (Å²) < 4.78 is 65.7. The van der Waals surface area contributed by atoms with Crippen LogP contribution in [0.1, 0.15) is 0 Å². The Bertz CT molecular complexity index is 629. The molecule has 4 nitrogen and oxygen atoms in total. The summed E-state index contributed by atoms with van der Waals surface area (Å²) in [5.74, 6) is -12.1. The summed E-state index contributed by atoms with van der Waals surface area (Å²) in [7, 11) is 0. The molecular weight excluding hydrogens is 295 g/mol. The first-order chi connectivity index (χ1) is 8.82. The molecule has 100 valence electrons. The molecule has 0 unspecified atom stereocenters. The quantitative estimate of drug-likeness (QED) is 0.499. The van der Waals surface area contributed by atoms with E-state index in [0.717, 1.165) is 0 Å². The molecule has 0 saturated carbocycles. The average Bonchev–Trinajstić information content (AvgIpc) is 2.33. The van der Waals surface area contributed by atoms with Crippen molar-refractivity contribution in [1.82, 2.24) is 15.0 Å². The molecule has 0 aliphatic carbocycles. The van der Waals surface area contributed by atoms with Crippen molar-refractivity contribution in [2.24, 2.45) is 0 Å². The monoisotopic (exact) mass is 296 g/mol. The van der Waals surface area contributed by atoms with Crippen LogP contribution < -0.4 is 5.73 Å². The summed E-state index contributed by atoms with van der Waals surface area (Å²) in [4.78, 5) is 9.83. The van der Waals surface area contributed by atoms with Gasteiger partial charge < -0.3 is 5.73 Å². The summed E-state index contributed by atoms with van der Waals surface area (Å²) in [6.45, 7) is 0. The van der Waals surface area contributed by atoms with Gasteiger partial charge in [-0.15, -0.1) is 0 Å². The second-order valence-electron chi connectivity index (χ2n) is 3.23. The summed E-state index contributed by atoms with van der Waals surface area (Å²) in [6, 6.07) is 0. The Balaban J connectivity index is 2.82. The van der Waals surface area contributed by atoms with Gasteiger partial charge in [-0.25, -0.2) is 22.0 Å². The zero-order valence-corrected chi connectivity index (χ0v) is 9.44. The van der Waals surface area contributed by atoms with E-state index in [4.69, 9.17) is 17.3 Å². The number of hydrogen-bond donors (Lipinski definition) is 1. The van der Waals surface area contributed by atoms with Crippen molar-refractivity contribution in [3.8, 4) is 11.4 Å². The Hall–Kier alpha value is -2.03. The van der Waals surface area contributed by atoms with Crippen LogP contribution >= 0.6 is 11.6 Å². The molecule has 2 rings (SSSR count). The molecule has 0 fully saturated rings. The third kappa shape index (κ3) is 2.16. The molecule has 1 aromatic heterocycles. The number of benzene rings is 1. The number of anilines is 1. The van der Waals surface area contributed by atoms with Crippen LogP contribution in [-0.2, 0) is 0 Å². The van der Waals surface area contributed by atoms with Crippen LogP contribution in [0.5, 0.6) is 0 Å². The van der Waals surface area contributed by atoms with E-state index in [2.05, 4.69) is 15.0 Å². The zero-order chi connectivity index (χ0) is 14.3. The second-order valence-corrected chi connectivity index (χ2v) is 3.57. The molecule has 10 heteroatoms. The molecule has 0 atom stereocenters. The Morgan fingerprint density at radius 1 is 0.737 bits per heavy atom. The molecule has 0 amide bonds. The minimum atomic E-state index is -2.29. The standard InChI is InChI=1S/C9H2ClF5N4/c10-8-17-7(18-9(16)19-8)1-2(11)4(13)6(15)5(14)3(1)12/h(H2,16,17,18,19). The summed E-state index contributed by atoms with van der Waals surface area (Å²) in [6.07, 6.45) is 0. The van der Waals surface area contributed by atoms with Crippen molar-refractivity contribution >= 4 is 17.5 Å². The highest BCUT2D eigenvalue weighted by atomic mass is 35.5. The van der Waals surface area contributed by atoms with Gasteiger partial charge in [0, 0.05) is 0 Å². The highest BCUT2D eigenvalue weighted by Crippen LogP contribution is 2.29. The summed E-state index contributed by atoms with van der Waals surface area (Å²) >= 11 is 5.37. The molecule has 0 aliphatic rings. The highest BCUT2D eigenvalue weighted by molar-refractivity contribution is 6.28. The van der Waals surface area contributed by atoms with Gasteiger partial charge in [0.1, 0.15) is 0 Å². The van der Waals surface area contributed by atoms with Crippen LogP contribution in [-0.4, -0.2) is 15.0 Å². The smallest absolute Gasteiger partial charge is 0.227 e. The first-order valence-corrected chi connectivity index (χ1v) is 4.89. The van der Waals surface area contributed by atoms with Crippen LogP contribution in [0.2, 0.25) is 5.28 Å². The van der Waals surface area contributed by atoms with E-state index in [9.17, 15) is 22.0 Å². The van der Waals surface area contributed by atoms with Crippen molar-refractivity contribution in [1.29, 1.82) is 0 Å². The van der Waals surface area contributed by atoms with Crippen LogP contribution in [0.25, 0.3) is 11.4 Å². The normalized spacial score (nSPS) is 10.8. The number of rotatable bonds is 1. The zero-order valence-electron chi connectivity index (χ0n) is 8.69. The molecule has 19 heavy (non-hydrogen) atoms. The van der Waals surface area contributed by atoms with E-state index in [-0.39, 0.29) is 0 Å². The van der Waals surface area contributed by atoms with E-state index < -0.39 is 51.7 Å². The number of halogens is 6. The lowest BCUT2D eigenvalue weighted by Crippen LogP contribution is -2.08. The highest BCUT2D eigenvalue weighted by Gasteiger charge is 2.28. The Morgan fingerprint density at radius 3 is 1.68 bits per heavy atom. The van der Waals surface area contributed by atoms with Crippen molar-refractivity contribution in [2.75, 3.05) is 5.73 Å². The molecule has 2 N–H and O–H groups in total. The molecule has 0 radical (unpaired) electrons. The lowest BCUT2D eigenvalue weighted by atomic mass is 10.1. The van der Waals surface area contributed by atoms with Crippen LogP contribution in [0.3, 0.4) is 0 Å². The van der Waals surface area contributed by atoms with Crippen LogP contribution in [0, 0.1) is 29.1 Å². The summed E-state index contributed by atoms with van der Waals surface area (Å²) in [5.41, 5.74) is 3.82. The first kappa shape index (κ1) is 13.4. The van der Waals surface area contributed by atoms with Gasteiger partial charge in [-0.1, -0.05) is 0 Å². The Morgan fingerprint density at radius 2 is 1.21 bits per heavy atom. The van der Waals surface area contributed by atoms with E-state index in [1.54, 1.807) is 0 Å². The van der Waals surface area contributed by atoms with E-state index in [1.165, 1.54) is 0 Å². The largest absolute Gasteiger partial charge is 0.368 e. The molecule has 0 spiro atoms. The predicted molar refractivity (Wildman–Crippen MR) is 54.5 cm³/mol. The van der Waals surface area contributed by atoms with E-state index in [0.29, 0.717) is 0 Å². The maximum Gasteiger partial charge on any atom is 0.227 e. The average molecular weight is 297 g/mol.